The molecule has 1 heterocycles. The van der Waals surface area contributed by atoms with Crippen LogP contribution in [0.3, 0.4) is 0 Å². The predicted molar refractivity (Wildman–Crippen MR) is 124 cm³/mol. The molecule has 168 valence electrons. The third-order valence-corrected chi connectivity index (χ3v) is 5.12. The molecule has 0 saturated carbocycles. The summed E-state index contributed by atoms with van der Waals surface area (Å²) in [6.45, 7) is 13.4. The first kappa shape index (κ1) is 26.2. The maximum Gasteiger partial charge on any atom is 0.306 e. The number of esters is 1. The van der Waals surface area contributed by atoms with E-state index < -0.39 is 5.60 Å². The smallest absolute Gasteiger partial charge is 0.306 e. The quantitative estimate of drug-likeness (QED) is 0.254. The van der Waals surface area contributed by atoms with Gasteiger partial charge in [-0.2, -0.15) is 5.26 Å². The van der Waals surface area contributed by atoms with Gasteiger partial charge in [-0.3, -0.25) is 4.79 Å². The number of hydrogen-bond acceptors (Lipinski definition) is 7. The first-order valence-corrected chi connectivity index (χ1v) is 12.1. The lowest BCUT2D eigenvalue weighted by Crippen LogP contribution is -2.32. The van der Waals surface area contributed by atoms with E-state index >= 15 is 0 Å². The van der Waals surface area contributed by atoms with Crippen LogP contribution in [0, 0.1) is 17.2 Å². The molecule has 6 nitrogen and oxygen atoms in total. The van der Waals surface area contributed by atoms with Gasteiger partial charge in [0.25, 0.3) is 0 Å². The van der Waals surface area contributed by atoms with Crippen molar-refractivity contribution in [2.24, 2.45) is 5.92 Å². The fraction of sp³-hybridized carbons (Fsp3) is 0.739. The minimum atomic E-state index is -0.470. The number of aryl methyl sites for hydroxylation is 1. The van der Waals surface area contributed by atoms with Crippen molar-refractivity contribution in [3.8, 4) is 6.07 Å². The first-order valence-electron chi connectivity index (χ1n) is 10.9. The van der Waals surface area contributed by atoms with E-state index in [1.54, 1.807) is 11.8 Å². The van der Waals surface area contributed by atoms with Gasteiger partial charge in [0.1, 0.15) is 11.4 Å². The molecule has 1 atom stereocenters. The van der Waals surface area contributed by atoms with Crippen molar-refractivity contribution in [1.82, 2.24) is 9.97 Å². The van der Waals surface area contributed by atoms with Gasteiger partial charge in [-0.1, -0.05) is 39.0 Å². The Kier molecular flexibility index (Phi) is 11.2. The Labute approximate surface area is 186 Å². The van der Waals surface area contributed by atoms with Gasteiger partial charge in [0.15, 0.2) is 5.16 Å². The van der Waals surface area contributed by atoms with Crippen molar-refractivity contribution >= 4 is 23.5 Å². The van der Waals surface area contributed by atoms with E-state index in [-0.39, 0.29) is 11.9 Å². The molecule has 1 unspecified atom stereocenters. The topological polar surface area (TPSA) is 79.1 Å². The van der Waals surface area contributed by atoms with E-state index in [2.05, 4.69) is 31.7 Å². The molecule has 0 N–H and O–H groups in total. The highest BCUT2D eigenvalue weighted by molar-refractivity contribution is 7.98. The van der Waals surface area contributed by atoms with Gasteiger partial charge in [-0.15, -0.1) is 0 Å². The molecule has 0 fully saturated rings. The molecule has 0 amide bonds. The van der Waals surface area contributed by atoms with E-state index in [1.165, 1.54) is 5.56 Å². The van der Waals surface area contributed by atoms with E-state index in [0.29, 0.717) is 25.8 Å². The number of carbonyl (C=O) groups is 1. The predicted octanol–water partition coefficient (Wildman–Crippen LogP) is 5.19. The van der Waals surface area contributed by atoms with Crippen molar-refractivity contribution < 1.29 is 9.53 Å². The monoisotopic (exact) mass is 434 g/mol. The van der Waals surface area contributed by atoms with Crippen molar-refractivity contribution in [3.63, 3.8) is 0 Å². The third-order valence-electron chi connectivity index (χ3n) is 4.57. The van der Waals surface area contributed by atoms with Crippen molar-refractivity contribution in [3.05, 3.63) is 11.3 Å². The highest BCUT2D eigenvalue weighted by atomic mass is 32.2. The maximum absolute atomic E-state index is 12.2. The van der Waals surface area contributed by atoms with Crippen LogP contribution < -0.4 is 4.90 Å². The zero-order valence-electron chi connectivity index (χ0n) is 19.7. The van der Waals surface area contributed by atoms with E-state index in [9.17, 15) is 4.79 Å². The van der Waals surface area contributed by atoms with Crippen molar-refractivity contribution in [2.45, 2.75) is 90.8 Å². The lowest BCUT2D eigenvalue weighted by Gasteiger charge is -2.29. The number of ether oxygens (including phenoxy) is 1. The van der Waals surface area contributed by atoms with Gasteiger partial charge in [0, 0.05) is 31.5 Å². The standard InChI is InChI=1S/C23H38N4O2S/c1-8-11-18-19(9-2)25-22(30-7)26-21(18)27(16-17(3)13-14-24)15-10-12-20(28)29-23(4,5)6/h17H,8-13,15-16H2,1-7H3. The third kappa shape index (κ3) is 8.91. The molecular weight excluding hydrogens is 396 g/mol. The molecule has 1 rings (SSSR count). The van der Waals surface area contributed by atoms with E-state index in [4.69, 9.17) is 20.0 Å². The molecule has 0 radical (unpaired) electrons. The summed E-state index contributed by atoms with van der Waals surface area (Å²) in [4.78, 5) is 24.0. The molecule has 1 aromatic heterocycles. The minimum absolute atomic E-state index is 0.178. The van der Waals surface area contributed by atoms with E-state index in [0.717, 1.165) is 42.5 Å². The van der Waals surface area contributed by atoms with Gasteiger partial charge in [0.05, 0.1) is 11.8 Å². The van der Waals surface area contributed by atoms with Gasteiger partial charge < -0.3 is 9.64 Å². The Balaban J connectivity index is 3.15. The Bertz CT molecular complexity index is 725. The second-order valence-corrected chi connectivity index (χ2v) is 9.44. The number of nitrogens with zero attached hydrogens (tertiary/aromatic N) is 4. The summed E-state index contributed by atoms with van der Waals surface area (Å²) in [5.41, 5.74) is 1.82. The van der Waals surface area contributed by atoms with Crippen LogP contribution in [-0.2, 0) is 22.4 Å². The molecule has 0 aliphatic carbocycles. The Morgan fingerprint density at radius 1 is 1.30 bits per heavy atom. The van der Waals surface area contributed by atoms with Crippen LogP contribution >= 0.6 is 11.8 Å². The SMILES string of the molecule is CCCc1c(CC)nc(SC)nc1N(CCCC(=O)OC(C)(C)C)CC(C)CC#N. The number of anilines is 1. The second kappa shape index (κ2) is 12.8. The summed E-state index contributed by atoms with van der Waals surface area (Å²) in [5, 5.41) is 9.89. The highest BCUT2D eigenvalue weighted by Gasteiger charge is 2.21. The summed E-state index contributed by atoms with van der Waals surface area (Å²) in [6, 6.07) is 2.27. The number of thioether (sulfide) groups is 1. The Morgan fingerprint density at radius 2 is 2.00 bits per heavy atom. The lowest BCUT2D eigenvalue weighted by molar-refractivity contribution is -0.154. The summed E-state index contributed by atoms with van der Waals surface area (Å²) in [6.07, 6.45) is 6.32. The molecule has 0 aliphatic rings. The number of rotatable bonds is 12. The summed E-state index contributed by atoms with van der Waals surface area (Å²) < 4.78 is 5.45. The Morgan fingerprint density at radius 3 is 2.53 bits per heavy atom. The average Bonchev–Trinajstić information content (AvgIpc) is 2.66. The fourth-order valence-electron chi connectivity index (χ4n) is 3.33. The van der Waals surface area contributed by atoms with Crippen LogP contribution in [0.25, 0.3) is 0 Å². The van der Waals surface area contributed by atoms with Gasteiger partial charge in [0.2, 0.25) is 0 Å². The zero-order chi connectivity index (χ0) is 22.7. The molecule has 30 heavy (non-hydrogen) atoms. The first-order chi connectivity index (χ1) is 14.1. The average molecular weight is 435 g/mol. The number of aromatic nitrogens is 2. The molecule has 0 aromatic carbocycles. The van der Waals surface area contributed by atoms with Gasteiger partial charge in [-0.05, 0) is 52.2 Å². The summed E-state index contributed by atoms with van der Waals surface area (Å²) >= 11 is 1.55. The van der Waals surface area contributed by atoms with Gasteiger partial charge >= 0.3 is 5.97 Å². The summed E-state index contributed by atoms with van der Waals surface area (Å²) in [5.74, 6) is 0.994. The van der Waals surface area contributed by atoms with E-state index in [1.807, 2.05) is 27.0 Å². The summed E-state index contributed by atoms with van der Waals surface area (Å²) in [7, 11) is 0. The maximum atomic E-state index is 12.2. The molecule has 0 aliphatic heterocycles. The largest absolute Gasteiger partial charge is 0.460 e. The zero-order valence-corrected chi connectivity index (χ0v) is 20.6. The molecule has 1 aromatic rings. The fourth-order valence-corrected chi connectivity index (χ4v) is 3.71. The molecular formula is C23H38N4O2S. The Hall–Kier alpha value is -1.81. The lowest BCUT2D eigenvalue weighted by atomic mass is 10.0. The van der Waals surface area contributed by atoms with Crippen LogP contribution in [-0.4, -0.2) is 40.9 Å². The van der Waals surface area contributed by atoms with Crippen LogP contribution in [0.5, 0.6) is 0 Å². The highest BCUT2D eigenvalue weighted by Crippen LogP contribution is 2.27. The van der Waals surface area contributed by atoms with Gasteiger partial charge in [-0.25, -0.2) is 9.97 Å². The van der Waals surface area contributed by atoms with Crippen LogP contribution in [0.15, 0.2) is 5.16 Å². The van der Waals surface area contributed by atoms with Crippen LogP contribution in [0.2, 0.25) is 0 Å². The molecule has 7 heteroatoms. The normalized spacial score (nSPS) is 12.3. The minimum Gasteiger partial charge on any atom is -0.460 e. The van der Waals surface area contributed by atoms with Crippen molar-refractivity contribution in [2.75, 3.05) is 24.2 Å². The van der Waals surface area contributed by atoms with Crippen LogP contribution in [0.4, 0.5) is 5.82 Å². The molecule has 0 saturated heterocycles. The van der Waals surface area contributed by atoms with Crippen molar-refractivity contribution in [1.29, 1.82) is 5.26 Å². The molecule has 0 spiro atoms. The molecule has 0 bridgehead atoms. The number of nitriles is 1. The number of hydrogen-bond donors (Lipinski definition) is 0. The van der Waals surface area contributed by atoms with Crippen LogP contribution in [0.1, 0.15) is 78.5 Å². The number of carbonyl (C=O) groups excluding carboxylic acids is 1. The second-order valence-electron chi connectivity index (χ2n) is 8.67.